The van der Waals surface area contributed by atoms with Gasteiger partial charge in [-0.2, -0.15) is 5.10 Å². The Labute approximate surface area is 158 Å². The van der Waals surface area contributed by atoms with Gasteiger partial charge < -0.3 is 15.3 Å². The third kappa shape index (κ3) is 4.51. The van der Waals surface area contributed by atoms with Crippen molar-refractivity contribution in [1.82, 2.24) is 19.7 Å². The smallest absolute Gasteiger partial charge is 0.337 e. The molecule has 0 spiro atoms. The number of carboxylic acid groups (broad SMARTS) is 1. The standard InChI is InChI=1S/C20H23N5O2/c1-24(2)11-6-12-25-19(17(13-22-25)15-7-4-3-5-8-15)23-18-14-21-10-9-16(18)20(26)27/h3-5,7-10,13-14,23H,6,11-12H2,1-2H3,(H,26,27). The van der Waals surface area contributed by atoms with E-state index in [1.54, 1.807) is 0 Å². The first-order valence-electron chi connectivity index (χ1n) is 8.76. The van der Waals surface area contributed by atoms with Crippen LogP contribution in [0.15, 0.2) is 55.0 Å². The van der Waals surface area contributed by atoms with E-state index in [2.05, 4.69) is 20.3 Å². The number of aromatic nitrogens is 3. The number of rotatable bonds is 8. The molecule has 0 unspecified atom stereocenters. The summed E-state index contributed by atoms with van der Waals surface area (Å²) in [4.78, 5) is 17.7. The van der Waals surface area contributed by atoms with Crippen LogP contribution in [0.2, 0.25) is 0 Å². The number of hydrogen-bond donors (Lipinski definition) is 2. The summed E-state index contributed by atoms with van der Waals surface area (Å²) in [6, 6.07) is 11.4. The molecule has 2 aromatic heterocycles. The Kier molecular flexibility index (Phi) is 5.83. The van der Waals surface area contributed by atoms with Crippen molar-refractivity contribution in [3.8, 4) is 11.1 Å². The summed E-state index contributed by atoms with van der Waals surface area (Å²) in [6.45, 7) is 1.66. The molecular formula is C20H23N5O2. The van der Waals surface area contributed by atoms with Crippen molar-refractivity contribution < 1.29 is 9.90 Å². The summed E-state index contributed by atoms with van der Waals surface area (Å²) in [5.41, 5.74) is 2.54. The highest BCUT2D eigenvalue weighted by Gasteiger charge is 2.16. The molecule has 0 fully saturated rings. The van der Waals surface area contributed by atoms with Gasteiger partial charge in [-0.05, 0) is 38.7 Å². The Morgan fingerprint density at radius 1 is 1.19 bits per heavy atom. The SMILES string of the molecule is CN(C)CCCn1ncc(-c2ccccc2)c1Nc1cnccc1C(=O)O. The number of nitrogens with one attached hydrogen (secondary N) is 1. The van der Waals surface area contributed by atoms with Crippen LogP contribution in [-0.4, -0.2) is 51.4 Å². The molecule has 7 nitrogen and oxygen atoms in total. The first kappa shape index (κ1) is 18.6. The monoisotopic (exact) mass is 365 g/mol. The maximum absolute atomic E-state index is 11.5. The lowest BCUT2D eigenvalue weighted by Crippen LogP contribution is -2.16. The number of aryl methyl sites for hydroxylation is 1. The zero-order valence-corrected chi connectivity index (χ0v) is 15.5. The molecule has 27 heavy (non-hydrogen) atoms. The number of pyridine rings is 1. The quantitative estimate of drug-likeness (QED) is 0.637. The van der Waals surface area contributed by atoms with E-state index in [0.717, 1.165) is 36.5 Å². The molecule has 0 aliphatic heterocycles. The zero-order valence-electron chi connectivity index (χ0n) is 15.5. The second-order valence-electron chi connectivity index (χ2n) is 6.50. The Hall–Kier alpha value is -3.19. The largest absolute Gasteiger partial charge is 0.478 e. The van der Waals surface area contributed by atoms with Crippen LogP contribution >= 0.6 is 0 Å². The first-order valence-corrected chi connectivity index (χ1v) is 8.76. The summed E-state index contributed by atoms with van der Waals surface area (Å²) in [5, 5.41) is 17.2. The van der Waals surface area contributed by atoms with Crippen molar-refractivity contribution in [1.29, 1.82) is 0 Å². The Balaban J connectivity index is 1.98. The molecule has 0 bridgehead atoms. The van der Waals surface area contributed by atoms with E-state index in [1.165, 1.54) is 18.5 Å². The van der Waals surface area contributed by atoms with Gasteiger partial charge >= 0.3 is 5.97 Å². The van der Waals surface area contributed by atoms with Gasteiger partial charge in [0, 0.05) is 18.3 Å². The third-order valence-electron chi connectivity index (χ3n) is 4.20. The molecule has 0 radical (unpaired) electrons. The van der Waals surface area contributed by atoms with Gasteiger partial charge in [0.2, 0.25) is 0 Å². The maximum atomic E-state index is 11.5. The van der Waals surface area contributed by atoms with Gasteiger partial charge in [0.1, 0.15) is 5.82 Å². The summed E-state index contributed by atoms with van der Waals surface area (Å²) < 4.78 is 1.88. The predicted molar refractivity (Wildman–Crippen MR) is 105 cm³/mol. The van der Waals surface area contributed by atoms with Crippen LogP contribution in [0.3, 0.4) is 0 Å². The van der Waals surface area contributed by atoms with E-state index in [4.69, 9.17) is 0 Å². The number of anilines is 2. The molecule has 0 saturated heterocycles. The van der Waals surface area contributed by atoms with Crippen molar-refractivity contribution in [3.05, 3.63) is 60.6 Å². The highest BCUT2D eigenvalue weighted by molar-refractivity contribution is 5.95. The van der Waals surface area contributed by atoms with Crippen LogP contribution in [0.1, 0.15) is 16.8 Å². The third-order valence-corrected chi connectivity index (χ3v) is 4.20. The fourth-order valence-electron chi connectivity index (χ4n) is 2.86. The van der Waals surface area contributed by atoms with Crippen LogP contribution in [-0.2, 0) is 6.54 Å². The lowest BCUT2D eigenvalue weighted by Gasteiger charge is -2.15. The molecule has 3 aromatic rings. The molecule has 7 heteroatoms. The molecule has 0 atom stereocenters. The van der Waals surface area contributed by atoms with Gasteiger partial charge in [-0.15, -0.1) is 0 Å². The molecule has 3 rings (SSSR count). The molecule has 2 N–H and O–H groups in total. The van der Waals surface area contributed by atoms with E-state index >= 15 is 0 Å². The first-order chi connectivity index (χ1) is 13.1. The van der Waals surface area contributed by atoms with Gasteiger partial charge in [0.25, 0.3) is 0 Å². The molecule has 140 valence electrons. The summed E-state index contributed by atoms with van der Waals surface area (Å²) in [5.74, 6) is -0.240. The van der Waals surface area contributed by atoms with Crippen molar-refractivity contribution in [2.24, 2.45) is 0 Å². The van der Waals surface area contributed by atoms with Gasteiger partial charge in [-0.3, -0.25) is 4.98 Å². The van der Waals surface area contributed by atoms with Crippen molar-refractivity contribution in [2.45, 2.75) is 13.0 Å². The molecule has 0 amide bonds. The van der Waals surface area contributed by atoms with Crippen molar-refractivity contribution in [2.75, 3.05) is 26.0 Å². The number of nitrogens with zero attached hydrogens (tertiary/aromatic N) is 4. The average Bonchev–Trinajstić information content (AvgIpc) is 3.05. The zero-order chi connectivity index (χ0) is 19.2. The lowest BCUT2D eigenvalue weighted by molar-refractivity contribution is 0.0698. The minimum atomic E-state index is -1.00. The Bertz CT molecular complexity index is 906. The molecular weight excluding hydrogens is 342 g/mol. The fraction of sp³-hybridized carbons (Fsp3) is 0.250. The number of carboxylic acids is 1. The van der Waals surface area contributed by atoms with Gasteiger partial charge in [0.05, 0.1) is 23.6 Å². The van der Waals surface area contributed by atoms with Crippen LogP contribution < -0.4 is 5.32 Å². The average molecular weight is 365 g/mol. The Morgan fingerprint density at radius 3 is 2.67 bits per heavy atom. The predicted octanol–water partition coefficient (Wildman–Crippen LogP) is 3.34. The van der Waals surface area contributed by atoms with E-state index < -0.39 is 5.97 Å². The second-order valence-corrected chi connectivity index (χ2v) is 6.50. The van der Waals surface area contributed by atoms with Gasteiger partial charge in [-0.25, -0.2) is 9.48 Å². The molecule has 0 saturated carbocycles. The highest BCUT2D eigenvalue weighted by atomic mass is 16.4. The molecule has 0 aliphatic carbocycles. The van der Waals surface area contributed by atoms with Gasteiger partial charge in [0.15, 0.2) is 0 Å². The second kappa shape index (κ2) is 8.46. The van der Waals surface area contributed by atoms with E-state index in [9.17, 15) is 9.90 Å². The minimum Gasteiger partial charge on any atom is -0.478 e. The van der Waals surface area contributed by atoms with Crippen LogP contribution in [0.25, 0.3) is 11.1 Å². The topological polar surface area (TPSA) is 83.3 Å². The van der Waals surface area contributed by atoms with Crippen molar-refractivity contribution >= 4 is 17.5 Å². The number of hydrogen-bond acceptors (Lipinski definition) is 5. The fourth-order valence-corrected chi connectivity index (χ4v) is 2.86. The van der Waals surface area contributed by atoms with E-state index in [-0.39, 0.29) is 5.56 Å². The molecule has 2 heterocycles. The summed E-state index contributed by atoms with van der Waals surface area (Å²) in [6.07, 6.45) is 5.73. The van der Waals surface area contributed by atoms with Crippen LogP contribution in [0, 0.1) is 0 Å². The summed E-state index contributed by atoms with van der Waals surface area (Å²) in [7, 11) is 4.07. The van der Waals surface area contributed by atoms with E-state index in [1.807, 2.05) is 55.3 Å². The normalized spacial score (nSPS) is 10.9. The number of benzene rings is 1. The number of aromatic carboxylic acids is 1. The van der Waals surface area contributed by atoms with E-state index in [0.29, 0.717) is 5.69 Å². The number of carbonyl (C=O) groups is 1. The van der Waals surface area contributed by atoms with Crippen LogP contribution in [0.5, 0.6) is 0 Å². The molecule has 1 aromatic carbocycles. The molecule has 0 aliphatic rings. The Morgan fingerprint density at radius 2 is 1.96 bits per heavy atom. The highest BCUT2D eigenvalue weighted by Crippen LogP contribution is 2.31. The minimum absolute atomic E-state index is 0.171. The van der Waals surface area contributed by atoms with Crippen molar-refractivity contribution in [3.63, 3.8) is 0 Å². The van der Waals surface area contributed by atoms with Crippen LogP contribution in [0.4, 0.5) is 11.5 Å². The van der Waals surface area contributed by atoms with Gasteiger partial charge in [-0.1, -0.05) is 30.3 Å². The lowest BCUT2D eigenvalue weighted by atomic mass is 10.1. The maximum Gasteiger partial charge on any atom is 0.337 e. The summed E-state index contributed by atoms with van der Waals surface area (Å²) >= 11 is 0.